The number of hydrogen-bond acceptors (Lipinski definition) is 4. The van der Waals surface area contributed by atoms with E-state index in [1.807, 2.05) is 32.0 Å². The molecule has 0 unspecified atom stereocenters. The highest BCUT2D eigenvalue weighted by Crippen LogP contribution is 2.21. The predicted molar refractivity (Wildman–Crippen MR) is 69.6 cm³/mol. The van der Waals surface area contributed by atoms with Crippen LogP contribution >= 0.6 is 0 Å². The summed E-state index contributed by atoms with van der Waals surface area (Å²) in [5.74, 6) is -0.310. The fourth-order valence-electron chi connectivity index (χ4n) is 1.79. The number of benzene rings is 1. The van der Waals surface area contributed by atoms with Crippen molar-refractivity contribution in [2.75, 3.05) is 5.32 Å². The number of carbonyl (C=O) groups is 1. The molecule has 5 nitrogen and oxygen atoms in total. The van der Waals surface area contributed by atoms with E-state index in [4.69, 9.17) is 5.11 Å². The molecule has 0 amide bonds. The Morgan fingerprint density at radius 2 is 2.22 bits per heavy atom. The van der Waals surface area contributed by atoms with Crippen LogP contribution in [0.5, 0.6) is 0 Å². The molecule has 1 heterocycles. The van der Waals surface area contributed by atoms with E-state index >= 15 is 0 Å². The first-order chi connectivity index (χ1) is 8.61. The topological polar surface area (TPSA) is 75.1 Å². The largest absolute Gasteiger partial charge is 0.480 e. The molecule has 5 heteroatoms. The van der Waals surface area contributed by atoms with Gasteiger partial charge in [-0.3, -0.25) is 0 Å². The van der Waals surface area contributed by atoms with Gasteiger partial charge in [-0.25, -0.2) is 14.8 Å². The van der Waals surface area contributed by atoms with E-state index in [0.29, 0.717) is 12.2 Å². The van der Waals surface area contributed by atoms with Crippen LogP contribution in [0, 0.1) is 6.92 Å². The van der Waals surface area contributed by atoms with Crippen molar-refractivity contribution >= 4 is 22.7 Å². The van der Waals surface area contributed by atoms with Crippen LogP contribution in [-0.2, 0) is 4.79 Å². The molecule has 1 aromatic carbocycles. The Bertz CT molecular complexity index is 583. The first kappa shape index (κ1) is 12.3. The maximum absolute atomic E-state index is 11.0. The molecule has 0 aliphatic heterocycles. The second-order valence-electron chi connectivity index (χ2n) is 4.19. The van der Waals surface area contributed by atoms with Crippen LogP contribution in [0.2, 0.25) is 0 Å². The van der Waals surface area contributed by atoms with Crippen molar-refractivity contribution in [2.24, 2.45) is 0 Å². The van der Waals surface area contributed by atoms with E-state index in [9.17, 15) is 4.79 Å². The van der Waals surface area contributed by atoms with E-state index in [0.717, 1.165) is 16.5 Å². The van der Waals surface area contributed by atoms with Crippen molar-refractivity contribution < 1.29 is 9.90 Å². The molecule has 0 radical (unpaired) electrons. The van der Waals surface area contributed by atoms with Crippen molar-refractivity contribution in [3.05, 3.63) is 30.1 Å². The molecular weight excluding hydrogens is 230 g/mol. The van der Waals surface area contributed by atoms with Crippen LogP contribution in [0.1, 0.15) is 18.9 Å². The van der Waals surface area contributed by atoms with Gasteiger partial charge in [-0.2, -0.15) is 0 Å². The molecule has 18 heavy (non-hydrogen) atoms. The van der Waals surface area contributed by atoms with Crippen LogP contribution < -0.4 is 5.32 Å². The van der Waals surface area contributed by atoms with E-state index in [1.54, 1.807) is 0 Å². The minimum absolute atomic E-state index is 0.493. The molecule has 0 aliphatic carbocycles. The lowest BCUT2D eigenvalue weighted by Crippen LogP contribution is -2.28. The number of nitrogens with zero attached hydrogens (tertiary/aromatic N) is 2. The van der Waals surface area contributed by atoms with Gasteiger partial charge in [-0.1, -0.05) is 18.6 Å². The summed E-state index contributed by atoms with van der Waals surface area (Å²) in [5.41, 5.74) is 1.89. The number of aromatic nitrogens is 2. The fourth-order valence-corrected chi connectivity index (χ4v) is 1.79. The molecule has 0 bridgehead atoms. The summed E-state index contributed by atoms with van der Waals surface area (Å²) in [7, 11) is 0. The summed E-state index contributed by atoms with van der Waals surface area (Å²) >= 11 is 0. The normalized spacial score (nSPS) is 12.3. The molecule has 94 valence electrons. The predicted octanol–water partition coefficient (Wildman–Crippen LogP) is 2.21. The number of aliphatic carboxylic acids is 1. The number of anilines is 1. The highest BCUT2D eigenvalue weighted by Gasteiger charge is 2.16. The Balaban J connectivity index is 2.44. The first-order valence-corrected chi connectivity index (χ1v) is 5.82. The SMILES string of the molecule is CC[C@@H](Nc1ncnc2ccc(C)cc12)C(=O)O. The lowest BCUT2D eigenvalue weighted by molar-refractivity contribution is -0.137. The lowest BCUT2D eigenvalue weighted by atomic mass is 10.1. The van der Waals surface area contributed by atoms with Gasteiger partial charge in [0.2, 0.25) is 0 Å². The second-order valence-corrected chi connectivity index (χ2v) is 4.19. The zero-order valence-corrected chi connectivity index (χ0v) is 10.3. The highest BCUT2D eigenvalue weighted by atomic mass is 16.4. The van der Waals surface area contributed by atoms with Gasteiger partial charge < -0.3 is 10.4 Å². The summed E-state index contributed by atoms with van der Waals surface area (Å²) in [6, 6.07) is 5.18. The monoisotopic (exact) mass is 245 g/mol. The molecule has 0 fully saturated rings. The Hall–Kier alpha value is -2.17. The second kappa shape index (κ2) is 5.00. The summed E-state index contributed by atoms with van der Waals surface area (Å²) in [5, 5.41) is 12.8. The van der Waals surface area contributed by atoms with Gasteiger partial charge in [0.15, 0.2) is 0 Å². The molecule has 2 aromatic rings. The van der Waals surface area contributed by atoms with Gasteiger partial charge in [-0.05, 0) is 25.5 Å². The maximum atomic E-state index is 11.0. The van der Waals surface area contributed by atoms with Gasteiger partial charge in [0, 0.05) is 5.39 Å². The summed E-state index contributed by atoms with van der Waals surface area (Å²) in [6.07, 6.45) is 1.93. The van der Waals surface area contributed by atoms with E-state index in [1.165, 1.54) is 6.33 Å². The Labute approximate surface area is 105 Å². The standard InChI is InChI=1S/C13H15N3O2/c1-3-10(13(17)18)16-12-9-6-8(2)4-5-11(9)14-7-15-12/h4-7,10H,3H2,1-2H3,(H,17,18)(H,14,15,16)/t10-/m1/s1. The molecule has 0 saturated heterocycles. The number of nitrogens with one attached hydrogen (secondary N) is 1. The van der Waals surface area contributed by atoms with Crippen LogP contribution in [0.4, 0.5) is 5.82 Å². The molecule has 0 saturated carbocycles. The number of carboxylic acid groups (broad SMARTS) is 1. The zero-order chi connectivity index (χ0) is 13.1. The number of hydrogen-bond donors (Lipinski definition) is 2. The molecule has 0 spiro atoms. The van der Waals surface area contributed by atoms with Crippen molar-refractivity contribution in [2.45, 2.75) is 26.3 Å². The van der Waals surface area contributed by atoms with Gasteiger partial charge >= 0.3 is 5.97 Å². The van der Waals surface area contributed by atoms with Crippen molar-refractivity contribution in [3.63, 3.8) is 0 Å². The molecular formula is C13H15N3O2. The van der Waals surface area contributed by atoms with Gasteiger partial charge in [0.1, 0.15) is 18.2 Å². The third-order valence-electron chi connectivity index (χ3n) is 2.81. The van der Waals surface area contributed by atoms with Gasteiger partial charge in [0.25, 0.3) is 0 Å². The lowest BCUT2D eigenvalue weighted by Gasteiger charge is -2.14. The minimum Gasteiger partial charge on any atom is -0.480 e. The Morgan fingerprint density at radius 3 is 2.89 bits per heavy atom. The number of carboxylic acids is 1. The summed E-state index contributed by atoms with van der Waals surface area (Å²) < 4.78 is 0. The van der Waals surface area contributed by atoms with Crippen LogP contribution in [0.25, 0.3) is 10.9 Å². The molecule has 1 aromatic heterocycles. The first-order valence-electron chi connectivity index (χ1n) is 5.82. The number of fused-ring (bicyclic) bond motifs is 1. The van der Waals surface area contributed by atoms with Crippen molar-refractivity contribution in [3.8, 4) is 0 Å². The van der Waals surface area contributed by atoms with Crippen molar-refractivity contribution in [1.82, 2.24) is 9.97 Å². The zero-order valence-electron chi connectivity index (χ0n) is 10.3. The van der Waals surface area contributed by atoms with Crippen LogP contribution in [-0.4, -0.2) is 27.1 Å². The van der Waals surface area contributed by atoms with Crippen LogP contribution in [0.3, 0.4) is 0 Å². The average Bonchev–Trinajstić information content (AvgIpc) is 2.35. The Morgan fingerprint density at radius 1 is 1.44 bits per heavy atom. The Kier molecular flexibility index (Phi) is 3.41. The van der Waals surface area contributed by atoms with Gasteiger partial charge in [-0.15, -0.1) is 0 Å². The maximum Gasteiger partial charge on any atom is 0.326 e. The number of aryl methyl sites for hydroxylation is 1. The van der Waals surface area contributed by atoms with E-state index in [2.05, 4.69) is 15.3 Å². The highest BCUT2D eigenvalue weighted by molar-refractivity contribution is 5.91. The molecule has 2 N–H and O–H groups in total. The minimum atomic E-state index is -0.878. The smallest absolute Gasteiger partial charge is 0.326 e. The molecule has 1 atom stereocenters. The van der Waals surface area contributed by atoms with E-state index < -0.39 is 12.0 Å². The molecule has 0 aliphatic rings. The number of rotatable bonds is 4. The molecule has 2 rings (SSSR count). The third kappa shape index (κ3) is 2.40. The summed E-state index contributed by atoms with van der Waals surface area (Å²) in [4.78, 5) is 19.3. The van der Waals surface area contributed by atoms with E-state index in [-0.39, 0.29) is 0 Å². The summed E-state index contributed by atoms with van der Waals surface area (Å²) in [6.45, 7) is 3.80. The quantitative estimate of drug-likeness (QED) is 0.863. The van der Waals surface area contributed by atoms with Crippen molar-refractivity contribution in [1.29, 1.82) is 0 Å². The third-order valence-corrected chi connectivity index (χ3v) is 2.81. The van der Waals surface area contributed by atoms with Crippen LogP contribution in [0.15, 0.2) is 24.5 Å². The fraction of sp³-hybridized carbons (Fsp3) is 0.308. The average molecular weight is 245 g/mol. The van der Waals surface area contributed by atoms with Gasteiger partial charge in [0.05, 0.1) is 5.52 Å².